The van der Waals surface area contributed by atoms with Crippen molar-refractivity contribution in [2.24, 2.45) is 5.41 Å². The predicted molar refractivity (Wildman–Crippen MR) is 104 cm³/mol. The van der Waals surface area contributed by atoms with Crippen LogP contribution in [0, 0.1) is 5.41 Å². The number of para-hydroxylation sites is 1. The number of ether oxygens (including phenoxy) is 1. The van der Waals surface area contributed by atoms with Crippen LogP contribution < -0.4 is 5.32 Å². The highest BCUT2D eigenvalue weighted by molar-refractivity contribution is 6.11. The van der Waals surface area contributed by atoms with Gasteiger partial charge in [-0.3, -0.25) is 9.59 Å². The van der Waals surface area contributed by atoms with Crippen molar-refractivity contribution in [1.29, 1.82) is 0 Å². The van der Waals surface area contributed by atoms with Gasteiger partial charge in [0.15, 0.2) is 0 Å². The summed E-state index contributed by atoms with van der Waals surface area (Å²) in [5, 5.41) is 2.73. The van der Waals surface area contributed by atoms with E-state index in [4.69, 9.17) is 4.74 Å². The second-order valence-corrected chi connectivity index (χ2v) is 7.07. The van der Waals surface area contributed by atoms with Crippen LogP contribution in [0.5, 0.6) is 0 Å². The molecule has 0 saturated carbocycles. The maximum absolute atomic E-state index is 12.9. The summed E-state index contributed by atoms with van der Waals surface area (Å²) in [4.78, 5) is 41.9. The summed E-state index contributed by atoms with van der Waals surface area (Å²) in [6, 6.07) is 6.64. The summed E-state index contributed by atoms with van der Waals surface area (Å²) >= 11 is 0. The number of anilines is 1. The molecule has 0 bridgehead atoms. The molecule has 1 fully saturated rings. The van der Waals surface area contributed by atoms with E-state index in [2.05, 4.69) is 17.1 Å². The lowest BCUT2D eigenvalue weighted by atomic mass is 9.89. The van der Waals surface area contributed by atoms with Gasteiger partial charge in [0.2, 0.25) is 11.8 Å². The Morgan fingerprint density at radius 2 is 1.70 bits per heavy atom. The molecule has 0 atom stereocenters. The molecule has 0 radical (unpaired) electrons. The number of amides is 2. The van der Waals surface area contributed by atoms with Crippen LogP contribution in [0.15, 0.2) is 24.3 Å². The molecule has 7 nitrogen and oxygen atoms in total. The molecule has 0 aliphatic carbocycles. The largest absolute Gasteiger partial charge is 0.462 e. The second kappa shape index (κ2) is 8.99. The molecule has 1 aromatic rings. The van der Waals surface area contributed by atoms with Gasteiger partial charge < -0.3 is 19.9 Å². The molecule has 0 aromatic heterocycles. The van der Waals surface area contributed by atoms with E-state index in [9.17, 15) is 14.4 Å². The third-order valence-electron chi connectivity index (χ3n) is 4.88. The summed E-state index contributed by atoms with van der Waals surface area (Å²) in [6.07, 6.45) is 0. The highest BCUT2D eigenvalue weighted by atomic mass is 16.5. The molecule has 7 heteroatoms. The number of piperazine rings is 1. The van der Waals surface area contributed by atoms with Gasteiger partial charge >= 0.3 is 5.97 Å². The fraction of sp³-hybridized carbons (Fsp3) is 0.550. The summed E-state index contributed by atoms with van der Waals surface area (Å²) in [7, 11) is 0. The normalized spacial score (nSPS) is 15.3. The Hall–Kier alpha value is -2.41. The van der Waals surface area contributed by atoms with E-state index in [1.807, 2.05) is 0 Å². The number of carbonyl (C=O) groups excluding carboxylic acids is 3. The number of hydrogen-bond donors (Lipinski definition) is 1. The minimum Gasteiger partial charge on any atom is -0.462 e. The molecular weight excluding hydrogens is 346 g/mol. The summed E-state index contributed by atoms with van der Waals surface area (Å²) in [5.41, 5.74) is -0.624. The van der Waals surface area contributed by atoms with Crippen molar-refractivity contribution in [2.75, 3.05) is 44.6 Å². The zero-order valence-corrected chi connectivity index (χ0v) is 16.6. The highest BCUT2D eigenvalue weighted by Crippen LogP contribution is 2.24. The zero-order chi connectivity index (χ0) is 20.0. The van der Waals surface area contributed by atoms with Crippen LogP contribution in [0.25, 0.3) is 0 Å². The Bertz CT molecular complexity index is 694. The molecule has 0 unspecified atom stereocenters. The Balaban J connectivity index is 2.10. The monoisotopic (exact) mass is 375 g/mol. The van der Waals surface area contributed by atoms with Crippen molar-refractivity contribution in [3.05, 3.63) is 29.8 Å². The smallest absolute Gasteiger partial charge is 0.340 e. The second-order valence-electron chi connectivity index (χ2n) is 7.07. The third kappa shape index (κ3) is 4.86. The first-order valence-corrected chi connectivity index (χ1v) is 9.40. The van der Waals surface area contributed by atoms with E-state index in [0.717, 1.165) is 19.6 Å². The Morgan fingerprint density at radius 3 is 2.30 bits per heavy atom. The van der Waals surface area contributed by atoms with Crippen molar-refractivity contribution in [1.82, 2.24) is 9.80 Å². The number of carbonyl (C=O) groups is 3. The fourth-order valence-corrected chi connectivity index (χ4v) is 3.02. The van der Waals surface area contributed by atoms with Gasteiger partial charge in [0.05, 0.1) is 17.9 Å². The van der Waals surface area contributed by atoms with Crippen molar-refractivity contribution < 1.29 is 19.1 Å². The fourth-order valence-electron chi connectivity index (χ4n) is 3.02. The molecular formula is C20H29N3O4. The van der Waals surface area contributed by atoms with Crippen molar-refractivity contribution >= 4 is 23.5 Å². The zero-order valence-electron chi connectivity index (χ0n) is 16.6. The molecule has 1 aromatic carbocycles. The minimum absolute atomic E-state index is 0.204. The van der Waals surface area contributed by atoms with Crippen LogP contribution in [0.2, 0.25) is 0 Å². The molecule has 1 aliphatic rings. The van der Waals surface area contributed by atoms with Crippen LogP contribution in [0.3, 0.4) is 0 Å². The topological polar surface area (TPSA) is 78.9 Å². The Morgan fingerprint density at radius 1 is 1.07 bits per heavy atom. The number of nitrogens with zero attached hydrogens (tertiary/aromatic N) is 2. The average Bonchev–Trinajstić information content (AvgIpc) is 2.68. The summed E-state index contributed by atoms with van der Waals surface area (Å²) in [5.74, 6) is -1.15. The van der Waals surface area contributed by atoms with Crippen molar-refractivity contribution in [2.45, 2.75) is 27.7 Å². The number of benzene rings is 1. The predicted octanol–water partition coefficient (Wildman–Crippen LogP) is 1.99. The number of nitrogens with one attached hydrogen (secondary N) is 1. The molecule has 2 amide bonds. The van der Waals surface area contributed by atoms with E-state index >= 15 is 0 Å². The molecule has 1 saturated heterocycles. The third-order valence-corrected chi connectivity index (χ3v) is 4.88. The van der Waals surface area contributed by atoms with Gasteiger partial charge in [-0.1, -0.05) is 19.1 Å². The van der Waals surface area contributed by atoms with E-state index in [1.54, 1.807) is 49.9 Å². The van der Waals surface area contributed by atoms with Crippen LogP contribution in [-0.4, -0.2) is 66.9 Å². The van der Waals surface area contributed by atoms with Crippen LogP contribution >= 0.6 is 0 Å². The number of esters is 1. The van der Waals surface area contributed by atoms with Crippen LogP contribution in [0.1, 0.15) is 38.1 Å². The van der Waals surface area contributed by atoms with Gasteiger partial charge in [-0.2, -0.15) is 0 Å². The van der Waals surface area contributed by atoms with Crippen molar-refractivity contribution in [3.63, 3.8) is 0 Å². The quantitative estimate of drug-likeness (QED) is 0.608. The molecule has 1 aliphatic heterocycles. The molecule has 2 rings (SSSR count). The van der Waals surface area contributed by atoms with Gasteiger partial charge in [-0.15, -0.1) is 0 Å². The minimum atomic E-state index is -1.24. The molecule has 1 N–H and O–H groups in total. The van der Waals surface area contributed by atoms with Gasteiger partial charge in [0.25, 0.3) is 0 Å². The first-order valence-electron chi connectivity index (χ1n) is 9.40. The van der Waals surface area contributed by atoms with Gasteiger partial charge in [0, 0.05) is 26.2 Å². The van der Waals surface area contributed by atoms with Crippen LogP contribution in [0.4, 0.5) is 5.69 Å². The number of hydrogen-bond acceptors (Lipinski definition) is 5. The Kier molecular flexibility index (Phi) is 6.96. The lowest BCUT2D eigenvalue weighted by molar-refractivity contribution is -0.147. The maximum atomic E-state index is 12.9. The molecule has 1 heterocycles. The lowest BCUT2D eigenvalue weighted by Crippen LogP contribution is -2.54. The van der Waals surface area contributed by atoms with Gasteiger partial charge in [-0.25, -0.2) is 4.79 Å². The number of likely N-dealkylation sites (N-methyl/N-ethyl adjacent to an activating group) is 1. The number of rotatable bonds is 6. The Labute approximate surface area is 160 Å². The van der Waals surface area contributed by atoms with Crippen molar-refractivity contribution in [3.8, 4) is 0 Å². The van der Waals surface area contributed by atoms with E-state index < -0.39 is 17.3 Å². The maximum Gasteiger partial charge on any atom is 0.340 e. The van der Waals surface area contributed by atoms with E-state index in [0.29, 0.717) is 18.8 Å². The van der Waals surface area contributed by atoms with Gasteiger partial charge in [0.1, 0.15) is 5.41 Å². The summed E-state index contributed by atoms with van der Waals surface area (Å²) in [6.45, 7) is 11.1. The summed E-state index contributed by atoms with van der Waals surface area (Å²) < 4.78 is 5.03. The van der Waals surface area contributed by atoms with Gasteiger partial charge in [-0.05, 0) is 39.4 Å². The standard InChI is InChI=1S/C20H29N3O4/c1-5-22-11-13-23(14-12-22)19(26)20(3,4)18(25)21-16-10-8-7-9-15(16)17(24)27-6-2/h7-10H,5-6,11-14H2,1-4H3,(H,21,25). The van der Waals surface area contributed by atoms with E-state index in [-0.39, 0.29) is 18.1 Å². The first-order chi connectivity index (χ1) is 12.8. The molecule has 148 valence electrons. The SMILES string of the molecule is CCOC(=O)c1ccccc1NC(=O)C(C)(C)C(=O)N1CCN(CC)CC1. The first kappa shape index (κ1) is 20.9. The van der Waals surface area contributed by atoms with Crippen LogP contribution in [-0.2, 0) is 14.3 Å². The molecule has 0 spiro atoms. The highest BCUT2D eigenvalue weighted by Gasteiger charge is 2.40. The van der Waals surface area contributed by atoms with E-state index in [1.165, 1.54) is 0 Å². The lowest BCUT2D eigenvalue weighted by Gasteiger charge is -2.37. The average molecular weight is 375 g/mol. The molecule has 27 heavy (non-hydrogen) atoms.